The number of nitriles is 1. The van der Waals surface area contributed by atoms with Gasteiger partial charge >= 0.3 is 0 Å². The lowest BCUT2D eigenvalue weighted by atomic mass is 10.1. The maximum absolute atomic E-state index is 8.97. The third kappa shape index (κ3) is 3.75. The predicted octanol–water partition coefficient (Wildman–Crippen LogP) is 3.19. The molecule has 0 aromatic heterocycles. The van der Waals surface area contributed by atoms with Crippen LogP contribution < -0.4 is 4.74 Å². The van der Waals surface area contributed by atoms with Gasteiger partial charge in [-0.15, -0.1) is 0 Å². The highest BCUT2D eigenvalue weighted by atomic mass is 16.5. The van der Waals surface area contributed by atoms with Gasteiger partial charge in [0, 0.05) is 18.2 Å². The molecule has 0 aliphatic carbocycles. The van der Waals surface area contributed by atoms with Crippen LogP contribution in [0, 0.1) is 11.3 Å². The molecule has 0 N–H and O–H groups in total. The molecule has 0 bridgehead atoms. The first-order valence-electron chi connectivity index (χ1n) is 6.43. The van der Waals surface area contributed by atoms with Gasteiger partial charge < -0.3 is 4.74 Å². The van der Waals surface area contributed by atoms with Crippen LogP contribution in [0.5, 0.6) is 5.75 Å². The first kappa shape index (κ1) is 14.5. The molecule has 1 aromatic carbocycles. The summed E-state index contributed by atoms with van der Waals surface area (Å²) in [5, 5.41) is 8.97. The maximum Gasteiger partial charge on any atom is 0.123 e. The molecule has 3 heteroatoms. The van der Waals surface area contributed by atoms with E-state index in [1.807, 2.05) is 12.1 Å². The van der Waals surface area contributed by atoms with E-state index >= 15 is 0 Å². The van der Waals surface area contributed by atoms with E-state index < -0.39 is 0 Å². The van der Waals surface area contributed by atoms with Gasteiger partial charge in [0.05, 0.1) is 18.7 Å². The predicted molar refractivity (Wildman–Crippen MR) is 73.5 cm³/mol. The maximum atomic E-state index is 8.97. The van der Waals surface area contributed by atoms with Crippen LogP contribution in [0.25, 0.3) is 0 Å². The van der Waals surface area contributed by atoms with Gasteiger partial charge in [0.25, 0.3) is 0 Å². The molecule has 18 heavy (non-hydrogen) atoms. The second kappa shape index (κ2) is 7.03. The largest absolute Gasteiger partial charge is 0.496 e. The number of hydrogen-bond donors (Lipinski definition) is 0. The number of ether oxygens (including phenoxy) is 1. The first-order valence-corrected chi connectivity index (χ1v) is 6.43. The minimum Gasteiger partial charge on any atom is -0.496 e. The van der Waals surface area contributed by atoms with Crippen molar-refractivity contribution in [2.75, 3.05) is 13.7 Å². The van der Waals surface area contributed by atoms with Crippen molar-refractivity contribution < 1.29 is 4.74 Å². The van der Waals surface area contributed by atoms with Crippen molar-refractivity contribution >= 4 is 0 Å². The van der Waals surface area contributed by atoms with Crippen molar-refractivity contribution in [1.29, 1.82) is 5.26 Å². The van der Waals surface area contributed by atoms with Crippen molar-refractivity contribution in [3.8, 4) is 11.8 Å². The zero-order valence-electron chi connectivity index (χ0n) is 11.7. The fourth-order valence-corrected chi connectivity index (χ4v) is 2.00. The van der Waals surface area contributed by atoms with Gasteiger partial charge in [-0.05, 0) is 45.0 Å². The van der Waals surface area contributed by atoms with E-state index in [0.717, 1.165) is 30.8 Å². The van der Waals surface area contributed by atoms with Gasteiger partial charge in [0.2, 0.25) is 0 Å². The Morgan fingerprint density at radius 2 is 2.11 bits per heavy atom. The second-order valence-corrected chi connectivity index (χ2v) is 4.70. The zero-order chi connectivity index (χ0) is 13.5. The summed E-state index contributed by atoms with van der Waals surface area (Å²) in [6, 6.07) is 8.25. The molecule has 98 valence electrons. The molecule has 0 spiro atoms. The summed E-state index contributed by atoms with van der Waals surface area (Å²) in [6.45, 7) is 8.44. The standard InChI is InChI=1S/C15H22N2O/c1-5-8-17(12(2)3)11-14-9-13(10-16)6-7-15(14)18-4/h6-7,9,12H,5,8,11H2,1-4H3. The number of rotatable bonds is 6. The van der Waals surface area contributed by atoms with Crippen LogP contribution in [-0.4, -0.2) is 24.6 Å². The van der Waals surface area contributed by atoms with Gasteiger partial charge in [-0.1, -0.05) is 6.92 Å². The second-order valence-electron chi connectivity index (χ2n) is 4.70. The highest BCUT2D eigenvalue weighted by molar-refractivity contribution is 5.42. The Kier molecular flexibility index (Phi) is 5.67. The van der Waals surface area contributed by atoms with E-state index in [0.29, 0.717) is 11.6 Å². The SMILES string of the molecule is CCCN(Cc1cc(C#N)ccc1OC)C(C)C. The lowest BCUT2D eigenvalue weighted by molar-refractivity contribution is 0.210. The Bertz CT molecular complexity index is 421. The van der Waals surface area contributed by atoms with Crippen LogP contribution >= 0.6 is 0 Å². The van der Waals surface area contributed by atoms with Crippen molar-refractivity contribution in [3.05, 3.63) is 29.3 Å². The van der Waals surface area contributed by atoms with Crippen molar-refractivity contribution in [2.24, 2.45) is 0 Å². The van der Waals surface area contributed by atoms with Gasteiger partial charge in [0.1, 0.15) is 5.75 Å². The summed E-state index contributed by atoms with van der Waals surface area (Å²) in [4.78, 5) is 2.39. The normalized spacial score (nSPS) is 10.7. The Morgan fingerprint density at radius 3 is 2.61 bits per heavy atom. The van der Waals surface area contributed by atoms with E-state index in [-0.39, 0.29) is 0 Å². The molecule has 0 atom stereocenters. The molecule has 1 aromatic rings. The van der Waals surface area contributed by atoms with Crippen LogP contribution in [0.4, 0.5) is 0 Å². The highest BCUT2D eigenvalue weighted by Gasteiger charge is 2.12. The molecule has 0 fully saturated rings. The number of hydrogen-bond acceptors (Lipinski definition) is 3. The van der Waals surface area contributed by atoms with E-state index in [1.54, 1.807) is 13.2 Å². The fraction of sp³-hybridized carbons (Fsp3) is 0.533. The molecular weight excluding hydrogens is 224 g/mol. The fourth-order valence-electron chi connectivity index (χ4n) is 2.00. The summed E-state index contributed by atoms with van der Waals surface area (Å²) in [6.07, 6.45) is 1.12. The lowest BCUT2D eigenvalue weighted by Crippen LogP contribution is -2.31. The quantitative estimate of drug-likeness (QED) is 0.773. The highest BCUT2D eigenvalue weighted by Crippen LogP contribution is 2.22. The third-order valence-electron chi connectivity index (χ3n) is 3.02. The lowest BCUT2D eigenvalue weighted by Gasteiger charge is -2.26. The summed E-state index contributed by atoms with van der Waals surface area (Å²) >= 11 is 0. The molecule has 0 saturated carbocycles. The summed E-state index contributed by atoms with van der Waals surface area (Å²) in [7, 11) is 1.67. The summed E-state index contributed by atoms with van der Waals surface area (Å²) in [5.74, 6) is 0.857. The summed E-state index contributed by atoms with van der Waals surface area (Å²) in [5.41, 5.74) is 1.77. The van der Waals surface area contributed by atoms with E-state index in [1.165, 1.54) is 0 Å². The van der Waals surface area contributed by atoms with Gasteiger partial charge in [0.15, 0.2) is 0 Å². The smallest absolute Gasteiger partial charge is 0.123 e. The average molecular weight is 246 g/mol. The first-order chi connectivity index (χ1) is 8.62. The van der Waals surface area contributed by atoms with Crippen molar-refractivity contribution in [2.45, 2.75) is 39.8 Å². The van der Waals surface area contributed by atoms with Gasteiger partial charge in [-0.3, -0.25) is 4.90 Å². The molecule has 0 saturated heterocycles. The van der Waals surface area contributed by atoms with Crippen molar-refractivity contribution in [3.63, 3.8) is 0 Å². The van der Waals surface area contributed by atoms with Gasteiger partial charge in [-0.25, -0.2) is 0 Å². The van der Waals surface area contributed by atoms with Crippen LogP contribution in [0.1, 0.15) is 38.3 Å². The molecule has 0 aliphatic heterocycles. The van der Waals surface area contributed by atoms with E-state index in [4.69, 9.17) is 10.00 Å². The molecule has 0 heterocycles. The molecule has 0 amide bonds. The monoisotopic (exact) mass is 246 g/mol. The molecule has 1 rings (SSSR count). The van der Waals surface area contributed by atoms with Crippen LogP contribution in [0.15, 0.2) is 18.2 Å². The van der Waals surface area contributed by atoms with E-state index in [2.05, 4.69) is 31.7 Å². The van der Waals surface area contributed by atoms with Crippen molar-refractivity contribution in [1.82, 2.24) is 4.90 Å². The minimum absolute atomic E-state index is 0.486. The van der Waals surface area contributed by atoms with Crippen LogP contribution in [0.2, 0.25) is 0 Å². The minimum atomic E-state index is 0.486. The molecular formula is C15H22N2O. The number of methoxy groups -OCH3 is 1. The Labute approximate surface area is 110 Å². The Hall–Kier alpha value is -1.53. The topological polar surface area (TPSA) is 36.3 Å². The zero-order valence-corrected chi connectivity index (χ0v) is 11.7. The average Bonchev–Trinajstić information content (AvgIpc) is 2.37. The molecule has 0 aliphatic rings. The number of nitrogens with zero attached hydrogens (tertiary/aromatic N) is 2. The Balaban J connectivity index is 2.96. The van der Waals surface area contributed by atoms with Crippen LogP contribution in [0.3, 0.4) is 0 Å². The van der Waals surface area contributed by atoms with E-state index in [9.17, 15) is 0 Å². The third-order valence-corrected chi connectivity index (χ3v) is 3.02. The van der Waals surface area contributed by atoms with Crippen LogP contribution in [-0.2, 0) is 6.54 Å². The van der Waals surface area contributed by atoms with Gasteiger partial charge in [-0.2, -0.15) is 5.26 Å². The molecule has 3 nitrogen and oxygen atoms in total. The Morgan fingerprint density at radius 1 is 1.39 bits per heavy atom. The molecule has 0 unspecified atom stereocenters. The number of benzene rings is 1. The summed E-state index contributed by atoms with van der Waals surface area (Å²) < 4.78 is 5.37. The molecule has 0 radical (unpaired) electrons.